The Morgan fingerprint density at radius 3 is 2.69 bits per heavy atom. The number of amides is 2. The third kappa shape index (κ3) is 4.89. The fraction of sp³-hybridized carbons (Fsp3) is 0.280. The summed E-state index contributed by atoms with van der Waals surface area (Å²) in [6.07, 6.45) is 3.04. The SMILES string of the molecule is CCOC(=O)C1=C(CN2CC=C(c3ccccc3)CC2)NC(=O)N[C@@H]1c1cccc(F)c1. The van der Waals surface area contributed by atoms with E-state index in [1.54, 1.807) is 19.1 Å². The topological polar surface area (TPSA) is 70.7 Å². The van der Waals surface area contributed by atoms with Gasteiger partial charge in [-0.3, -0.25) is 4.90 Å². The van der Waals surface area contributed by atoms with Crippen molar-refractivity contribution in [2.45, 2.75) is 19.4 Å². The molecule has 2 heterocycles. The lowest BCUT2D eigenvalue weighted by Gasteiger charge is -2.33. The van der Waals surface area contributed by atoms with Gasteiger partial charge >= 0.3 is 12.0 Å². The van der Waals surface area contributed by atoms with Crippen molar-refractivity contribution in [2.75, 3.05) is 26.2 Å². The van der Waals surface area contributed by atoms with Gasteiger partial charge in [-0.05, 0) is 42.2 Å². The first-order valence-corrected chi connectivity index (χ1v) is 10.7. The molecule has 0 bridgehead atoms. The van der Waals surface area contributed by atoms with Crippen LogP contribution >= 0.6 is 0 Å². The number of carbonyl (C=O) groups excluding carboxylic acids is 2. The van der Waals surface area contributed by atoms with Gasteiger partial charge in [-0.2, -0.15) is 0 Å². The molecule has 0 saturated carbocycles. The predicted molar refractivity (Wildman–Crippen MR) is 120 cm³/mol. The summed E-state index contributed by atoms with van der Waals surface area (Å²) in [5.41, 5.74) is 3.77. The number of urea groups is 1. The highest BCUT2D eigenvalue weighted by Gasteiger charge is 2.34. The van der Waals surface area contributed by atoms with E-state index in [0.29, 0.717) is 29.9 Å². The molecule has 0 spiro atoms. The van der Waals surface area contributed by atoms with Crippen molar-refractivity contribution in [1.29, 1.82) is 0 Å². The lowest BCUT2D eigenvalue weighted by molar-refractivity contribution is -0.139. The predicted octanol–water partition coefficient (Wildman–Crippen LogP) is 3.79. The van der Waals surface area contributed by atoms with E-state index in [1.807, 2.05) is 18.2 Å². The van der Waals surface area contributed by atoms with Crippen LogP contribution in [0.5, 0.6) is 0 Å². The summed E-state index contributed by atoms with van der Waals surface area (Å²) in [7, 11) is 0. The highest BCUT2D eigenvalue weighted by Crippen LogP contribution is 2.29. The van der Waals surface area contributed by atoms with Gasteiger partial charge in [0.25, 0.3) is 0 Å². The maximum atomic E-state index is 13.9. The second kappa shape index (κ2) is 9.78. The van der Waals surface area contributed by atoms with Gasteiger partial charge in [0.2, 0.25) is 0 Å². The normalized spacial score (nSPS) is 19.1. The minimum absolute atomic E-state index is 0.201. The van der Waals surface area contributed by atoms with E-state index in [0.717, 1.165) is 13.0 Å². The third-order valence-corrected chi connectivity index (χ3v) is 5.65. The molecule has 2 aliphatic rings. The summed E-state index contributed by atoms with van der Waals surface area (Å²) in [5, 5.41) is 5.52. The van der Waals surface area contributed by atoms with Crippen LogP contribution < -0.4 is 10.6 Å². The number of nitrogens with zero attached hydrogens (tertiary/aromatic N) is 1. The van der Waals surface area contributed by atoms with Gasteiger partial charge in [0.1, 0.15) is 5.82 Å². The molecule has 4 rings (SSSR count). The molecule has 0 aromatic heterocycles. The first-order chi connectivity index (χ1) is 15.5. The zero-order valence-electron chi connectivity index (χ0n) is 17.9. The second-order valence-corrected chi connectivity index (χ2v) is 7.78. The number of hydrogen-bond acceptors (Lipinski definition) is 4. The van der Waals surface area contributed by atoms with Gasteiger partial charge in [-0.15, -0.1) is 0 Å². The molecule has 0 aliphatic carbocycles. The lowest BCUT2D eigenvalue weighted by atomic mass is 9.94. The van der Waals surface area contributed by atoms with Crippen molar-refractivity contribution in [1.82, 2.24) is 15.5 Å². The summed E-state index contributed by atoms with van der Waals surface area (Å²) in [5.74, 6) is -0.962. The van der Waals surface area contributed by atoms with Gasteiger partial charge in [0, 0.05) is 25.3 Å². The van der Waals surface area contributed by atoms with E-state index < -0.39 is 23.9 Å². The van der Waals surface area contributed by atoms with Crippen molar-refractivity contribution in [3.8, 4) is 0 Å². The zero-order valence-corrected chi connectivity index (χ0v) is 17.9. The van der Waals surface area contributed by atoms with E-state index in [4.69, 9.17) is 4.74 Å². The molecule has 0 radical (unpaired) electrons. The average molecular weight is 435 g/mol. The lowest BCUT2D eigenvalue weighted by Crippen LogP contribution is -2.48. The summed E-state index contributed by atoms with van der Waals surface area (Å²) >= 11 is 0. The molecule has 1 atom stereocenters. The Labute approximate surface area is 186 Å². The smallest absolute Gasteiger partial charge is 0.338 e. The first-order valence-electron chi connectivity index (χ1n) is 10.7. The highest BCUT2D eigenvalue weighted by molar-refractivity contribution is 5.95. The van der Waals surface area contributed by atoms with Crippen LogP contribution in [0.1, 0.15) is 30.5 Å². The highest BCUT2D eigenvalue weighted by atomic mass is 19.1. The van der Waals surface area contributed by atoms with E-state index in [1.165, 1.54) is 23.3 Å². The van der Waals surface area contributed by atoms with Crippen LogP contribution in [0.25, 0.3) is 5.57 Å². The number of rotatable bonds is 6. The maximum absolute atomic E-state index is 13.9. The van der Waals surface area contributed by atoms with Crippen LogP contribution in [0, 0.1) is 5.82 Å². The van der Waals surface area contributed by atoms with Crippen molar-refractivity contribution in [3.63, 3.8) is 0 Å². The number of nitrogens with one attached hydrogen (secondary N) is 2. The number of hydrogen-bond donors (Lipinski definition) is 2. The molecule has 0 unspecified atom stereocenters. The Hall–Kier alpha value is -3.45. The molecule has 2 amide bonds. The molecule has 2 aliphatic heterocycles. The molecular weight excluding hydrogens is 409 g/mol. The molecule has 0 fully saturated rings. The van der Waals surface area contributed by atoms with E-state index in [9.17, 15) is 14.0 Å². The molecule has 2 aromatic carbocycles. The standard InChI is InChI=1S/C25H26FN3O3/c1-2-32-24(30)22-21(27-25(31)28-23(22)19-9-6-10-20(26)15-19)16-29-13-11-18(12-14-29)17-7-4-3-5-8-17/h3-11,15,23H,2,12-14,16H2,1H3,(H2,27,28,31)/t23-/m1/s1. The number of halogens is 1. The Balaban J connectivity index is 1.61. The van der Waals surface area contributed by atoms with Crippen LogP contribution in [0.2, 0.25) is 0 Å². The van der Waals surface area contributed by atoms with E-state index in [2.05, 4.69) is 33.7 Å². The van der Waals surface area contributed by atoms with Crippen LogP contribution in [-0.2, 0) is 9.53 Å². The van der Waals surface area contributed by atoms with Crippen LogP contribution in [0.4, 0.5) is 9.18 Å². The molecule has 2 N–H and O–H groups in total. The largest absolute Gasteiger partial charge is 0.463 e. The average Bonchev–Trinajstić information content (AvgIpc) is 2.80. The molecule has 6 nitrogen and oxygen atoms in total. The van der Waals surface area contributed by atoms with Gasteiger partial charge in [0.15, 0.2) is 0 Å². The molecule has 32 heavy (non-hydrogen) atoms. The quantitative estimate of drug-likeness (QED) is 0.678. The molecule has 7 heteroatoms. The Morgan fingerprint density at radius 2 is 2.00 bits per heavy atom. The molecule has 2 aromatic rings. The van der Waals surface area contributed by atoms with Crippen LogP contribution in [-0.4, -0.2) is 43.1 Å². The number of esters is 1. The molecule has 166 valence electrons. The number of carbonyl (C=O) groups is 2. The fourth-order valence-electron chi connectivity index (χ4n) is 4.12. The van der Waals surface area contributed by atoms with Gasteiger partial charge in [0.05, 0.1) is 18.2 Å². The van der Waals surface area contributed by atoms with Crippen molar-refractivity contribution >= 4 is 17.6 Å². The van der Waals surface area contributed by atoms with Crippen LogP contribution in [0.3, 0.4) is 0 Å². The summed E-state index contributed by atoms with van der Waals surface area (Å²) in [6.45, 7) is 3.79. The summed E-state index contributed by atoms with van der Waals surface area (Å²) in [4.78, 5) is 27.4. The Morgan fingerprint density at radius 1 is 1.19 bits per heavy atom. The van der Waals surface area contributed by atoms with Gasteiger partial charge in [-0.25, -0.2) is 14.0 Å². The Kier molecular flexibility index (Phi) is 6.66. The summed E-state index contributed by atoms with van der Waals surface area (Å²) in [6, 6.07) is 14.9. The van der Waals surface area contributed by atoms with Crippen molar-refractivity contribution < 1.29 is 18.7 Å². The number of ether oxygens (including phenoxy) is 1. The first kappa shape index (κ1) is 21.8. The van der Waals surface area contributed by atoms with Crippen LogP contribution in [0.15, 0.2) is 71.9 Å². The van der Waals surface area contributed by atoms with Crippen molar-refractivity contribution in [3.05, 3.63) is 88.9 Å². The maximum Gasteiger partial charge on any atom is 0.338 e. The summed E-state index contributed by atoms with van der Waals surface area (Å²) < 4.78 is 19.1. The van der Waals surface area contributed by atoms with E-state index >= 15 is 0 Å². The third-order valence-electron chi connectivity index (χ3n) is 5.65. The van der Waals surface area contributed by atoms with Gasteiger partial charge < -0.3 is 15.4 Å². The van der Waals surface area contributed by atoms with E-state index in [-0.39, 0.29) is 6.61 Å². The minimum atomic E-state index is -0.784. The molecule has 0 saturated heterocycles. The van der Waals surface area contributed by atoms with Gasteiger partial charge in [-0.1, -0.05) is 48.5 Å². The fourth-order valence-corrected chi connectivity index (χ4v) is 4.12. The second-order valence-electron chi connectivity index (χ2n) is 7.78. The van der Waals surface area contributed by atoms with Crippen molar-refractivity contribution in [2.24, 2.45) is 0 Å². The zero-order chi connectivity index (χ0) is 22.5. The molecular formula is C25H26FN3O3. The number of benzene rings is 2. The Bertz CT molecular complexity index is 1070. The minimum Gasteiger partial charge on any atom is -0.463 e. The monoisotopic (exact) mass is 435 g/mol.